The molecule has 0 fully saturated rings. The van der Waals surface area contributed by atoms with Gasteiger partial charge >= 0.3 is 0 Å². The Kier molecular flexibility index (Phi) is 2.99. The molecule has 0 saturated heterocycles. The van der Waals surface area contributed by atoms with Crippen LogP contribution < -0.4 is 0 Å². The van der Waals surface area contributed by atoms with Crippen molar-refractivity contribution >= 4 is 11.3 Å². The third-order valence-corrected chi connectivity index (χ3v) is 3.78. The third kappa shape index (κ3) is 2.22. The van der Waals surface area contributed by atoms with E-state index < -0.39 is 0 Å². The van der Waals surface area contributed by atoms with Gasteiger partial charge in [0.05, 0.1) is 5.69 Å². The van der Waals surface area contributed by atoms with E-state index in [0.29, 0.717) is 0 Å². The average molecular weight is 254 g/mol. The zero-order chi connectivity index (χ0) is 12.4. The molecule has 3 rings (SSSR count). The molecule has 0 atom stereocenters. The van der Waals surface area contributed by atoms with Gasteiger partial charge in [-0.05, 0) is 18.4 Å². The zero-order valence-corrected chi connectivity index (χ0v) is 11.0. The van der Waals surface area contributed by atoms with Crippen LogP contribution in [0, 0.1) is 6.92 Å². The van der Waals surface area contributed by atoms with Crippen LogP contribution in [0.25, 0.3) is 11.3 Å². The lowest BCUT2D eigenvalue weighted by Crippen LogP contribution is -1.87. The topological polar surface area (TPSA) is 28.7 Å². The maximum Gasteiger partial charge on any atom is 0.112 e. The number of aromatic amines is 1. The van der Waals surface area contributed by atoms with Crippen LogP contribution in [0.5, 0.6) is 0 Å². The van der Waals surface area contributed by atoms with Crippen LogP contribution >= 0.6 is 11.3 Å². The van der Waals surface area contributed by atoms with Gasteiger partial charge in [-0.25, -0.2) is 4.98 Å². The molecule has 0 aliphatic carbocycles. The SMILES string of the molecule is Cc1[nH]c(Cc2cccs2)nc1-c1ccccc1. The highest BCUT2D eigenvalue weighted by molar-refractivity contribution is 7.09. The lowest BCUT2D eigenvalue weighted by Gasteiger charge is -1.96. The minimum absolute atomic E-state index is 0.880. The summed E-state index contributed by atoms with van der Waals surface area (Å²) < 4.78 is 0. The molecule has 0 radical (unpaired) electrons. The van der Waals surface area contributed by atoms with Gasteiger partial charge in [0, 0.05) is 22.6 Å². The standard InChI is InChI=1S/C15H14N2S/c1-11-15(12-6-3-2-4-7-12)17-14(16-11)10-13-8-5-9-18-13/h2-9H,10H2,1H3,(H,16,17). The van der Waals surface area contributed by atoms with Gasteiger partial charge in [0.15, 0.2) is 0 Å². The first kappa shape index (κ1) is 11.2. The van der Waals surface area contributed by atoms with Crippen LogP contribution in [0.1, 0.15) is 16.4 Å². The maximum atomic E-state index is 4.71. The number of hydrogen-bond acceptors (Lipinski definition) is 2. The van der Waals surface area contributed by atoms with Crippen molar-refractivity contribution in [2.45, 2.75) is 13.3 Å². The summed E-state index contributed by atoms with van der Waals surface area (Å²) in [6.07, 6.45) is 0.880. The summed E-state index contributed by atoms with van der Waals surface area (Å²) in [7, 11) is 0. The second kappa shape index (κ2) is 4.78. The van der Waals surface area contributed by atoms with Gasteiger partial charge in [-0.2, -0.15) is 0 Å². The van der Waals surface area contributed by atoms with E-state index in [2.05, 4.69) is 41.6 Å². The Hall–Kier alpha value is -1.87. The molecule has 0 aliphatic heterocycles. The first-order chi connectivity index (χ1) is 8.83. The molecule has 0 saturated carbocycles. The lowest BCUT2D eigenvalue weighted by molar-refractivity contribution is 1.03. The molecule has 3 aromatic rings. The van der Waals surface area contributed by atoms with Crippen LogP contribution in [0.15, 0.2) is 47.8 Å². The smallest absolute Gasteiger partial charge is 0.112 e. The molecular formula is C15H14N2S. The monoisotopic (exact) mass is 254 g/mol. The van der Waals surface area contributed by atoms with Crippen molar-refractivity contribution in [2.24, 2.45) is 0 Å². The molecule has 18 heavy (non-hydrogen) atoms. The highest BCUT2D eigenvalue weighted by Crippen LogP contribution is 2.22. The number of benzene rings is 1. The molecule has 2 aromatic heterocycles. The minimum atomic E-state index is 0.880. The summed E-state index contributed by atoms with van der Waals surface area (Å²) in [5.74, 6) is 1.04. The molecule has 3 heteroatoms. The summed E-state index contributed by atoms with van der Waals surface area (Å²) in [4.78, 5) is 9.42. The first-order valence-electron chi connectivity index (χ1n) is 5.96. The second-order valence-corrected chi connectivity index (χ2v) is 5.31. The molecule has 0 spiro atoms. The van der Waals surface area contributed by atoms with Gasteiger partial charge in [-0.15, -0.1) is 11.3 Å². The molecular weight excluding hydrogens is 240 g/mol. The highest BCUT2D eigenvalue weighted by atomic mass is 32.1. The maximum absolute atomic E-state index is 4.71. The fourth-order valence-corrected chi connectivity index (χ4v) is 2.77. The second-order valence-electron chi connectivity index (χ2n) is 4.28. The van der Waals surface area contributed by atoms with E-state index in [4.69, 9.17) is 4.98 Å². The molecule has 1 aromatic carbocycles. The van der Waals surface area contributed by atoms with Gasteiger partial charge in [0.1, 0.15) is 5.82 Å². The van der Waals surface area contributed by atoms with E-state index in [1.807, 2.05) is 18.2 Å². The van der Waals surface area contributed by atoms with Crippen molar-refractivity contribution < 1.29 is 0 Å². The summed E-state index contributed by atoms with van der Waals surface area (Å²) in [5.41, 5.74) is 3.36. The van der Waals surface area contributed by atoms with Gasteiger partial charge in [0.2, 0.25) is 0 Å². The fourth-order valence-electron chi connectivity index (χ4n) is 2.06. The molecule has 2 heterocycles. The molecule has 0 aliphatic rings. The predicted octanol–water partition coefficient (Wildman–Crippen LogP) is 4.04. The van der Waals surface area contributed by atoms with E-state index in [1.165, 1.54) is 10.4 Å². The van der Waals surface area contributed by atoms with Crippen molar-refractivity contribution in [2.75, 3.05) is 0 Å². The number of nitrogens with zero attached hydrogens (tertiary/aromatic N) is 1. The summed E-state index contributed by atoms with van der Waals surface area (Å²) in [6.45, 7) is 2.08. The predicted molar refractivity (Wildman–Crippen MR) is 75.9 cm³/mol. The number of aryl methyl sites for hydroxylation is 1. The highest BCUT2D eigenvalue weighted by Gasteiger charge is 2.09. The van der Waals surface area contributed by atoms with Crippen molar-refractivity contribution in [3.8, 4) is 11.3 Å². The minimum Gasteiger partial charge on any atom is -0.345 e. The number of thiophene rings is 1. The quantitative estimate of drug-likeness (QED) is 0.751. The molecule has 0 bridgehead atoms. The number of hydrogen-bond donors (Lipinski definition) is 1. The average Bonchev–Trinajstić information content (AvgIpc) is 3.01. The lowest BCUT2D eigenvalue weighted by atomic mass is 10.1. The number of H-pyrrole nitrogens is 1. The van der Waals surface area contributed by atoms with Crippen molar-refractivity contribution in [1.82, 2.24) is 9.97 Å². The van der Waals surface area contributed by atoms with E-state index in [-0.39, 0.29) is 0 Å². The Labute approximate surface area is 110 Å². The molecule has 2 nitrogen and oxygen atoms in total. The Morgan fingerprint density at radius 3 is 2.67 bits per heavy atom. The van der Waals surface area contributed by atoms with E-state index in [0.717, 1.165) is 23.6 Å². The van der Waals surface area contributed by atoms with E-state index in [9.17, 15) is 0 Å². The van der Waals surface area contributed by atoms with Crippen LogP contribution in [-0.4, -0.2) is 9.97 Å². The van der Waals surface area contributed by atoms with Crippen molar-refractivity contribution in [1.29, 1.82) is 0 Å². The Morgan fingerprint density at radius 2 is 1.94 bits per heavy atom. The molecule has 0 unspecified atom stereocenters. The Morgan fingerprint density at radius 1 is 1.11 bits per heavy atom. The molecule has 0 amide bonds. The number of rotatable bonds is 3. The number of aromatic nitrogens is 2. The Bertz CT molecular complexity index is 624. The zero-order valence-electron chi connectivity index (χ0n) is 10.2. The summed E-state index contributed by atoms with van der Waals surface area (Å²) in [6, 6.07) is 14.5. The first-order valence-corrected chi connectivity index (χ1v) is 6.84. The number of nitrogens with one attached hydrogen (secondary N) is 1. The van der Waals surface area contributed by atoms with Crippen molar-refractivity contribution in [3.05, 3.63) is 64.2 Å². The van der Waals surface area contributed by atoms with Crippen molar-refractivity contribution in [3.63, 3.8) is 0 Å². The van der Waals surface area contributed by atoms with Crippen LogP contribution in [0.4, 0.5) is 0 Å². The normalized spacial score (nSPS) is 10.7. The number of imidazole rings is 1. The van der Waals surface area contributed by atoms with Crippen LogP contribution in [-0.2, 0) is 6.42 Å². The van der Waals surface area contributed by atoms with Gasteiger partial charge in [0.25, 0.3) is 0 Å². The van der Waals surface area contributed by atoms with Gasteiger partial charge in [-0.3, -0.25) is 0 Å². The van der Waals surface area contributed by atoms with E-state index >= 15 is 0 Å². The van der Waals surface area contributed by atoms with Gasteiger partial charge < -0.3 is 4.98 Å². The summed E-state index contributed by atoms with van der Waals surface area (Å²) >= 11 is 1.77. The largest absolute Gasteiger partial charge is 0.345 e. The molecule has 90 valence electrons. The summed E-state index contributed by atoms with van der Waals surface area (Å²) in [5, 5.41) is 2.10. The van der Waals surface area contributed by atoms with E-state index in [1.54, 1.807) is 11.3 Å². The fraction of sp³-hybridized carbons (Fsp3) is 0.133. The van der Waals surface area contributed by atoms with Crippen LogP contribution in [0.3, 0.4) is 0 Å². The van der Waals surface area contributed by atoms with Gasteiger partial charge in [-0.1, -0.05) is 36.4 Å². The Balaban J connectivity index is 1.92. The van der Waals surface area contributed by atoms with Crippen LogP contribution in [0.2, 0.25) is 0 Å². The molecule has 1 N–H and O–H groups in total. The third-order valence-electron chi connectivity index (χ3n) is 2.90.